The Kier molecular flexibility index (Phi) is 8.78. The van der Waals surface area contributed by atoms with Crippen LogP contribution in [0.15, 0.2) is 36.7 Å². The second-order valence-electron chi connectivity index (χ2n) is 6.32. The molecule has 3 aromatic rings. The van der Waals surface area contributed by atoms with E-state index in [0.29, 0.717) is 0 Å². The third-order valence-electron chi connectivity index (χ3n) is 4.16. The number of ether oxygens (including phenoxy) is 5. The molecular weight excluding hydrogens is 467 g/mol. The van der Waals surface area contributed by atoms with E-state index in [4.69, 9.17) is 20.6 Å². The number of aromatic nitrogens is 2. The molecule has 0 N–H and O–H groups in total. The first-order valence-electron chi connectivity index (χ1n) is 9.66. The minimum atomic E-state index is -2.98. The summed E-state index contributed by atoms with van der Waals surface area (Å²) in [4.78, 5) is 8.10. The third kappa shape index (κ3) is 6.66. The third-order valence-corrected chi connectivity index (χ3v) is 4.16. The Balaban J connectivity index is 1.91. The van der Waals surface area contributed by atoms with E-state index in [2.05, 4.69) is 25.4 Å². The van der Waals surface area contributed by atoms with Crippen molar-refractivity contribution in [2.75, 3.05) is 26.4 Å². The molecule has 0 aliphatic rings. The van der Waals surface area contributed by atoms with Gasteiger partial charge in [-0.05, 0) is 18.2 Å². The Bertz CT molecular complexity index is 1160. The van der Waals surface area contributed by atoms with Crippen LogP contribution in [0.5, 0.6) is 23.1 Å². The summed E-state index contributed by atoms with van der Waals surface area (Å²) in [6, 6.07) is 7.02. The second kappa shape index (κ2) is 12.0. The highest BCUT2D eigenvalue weighted by atomic mass is 19.3. The van der Waals surface area contributed by atoms with Gasteiger partial charge in [-0.1, -0.05) is 12.0 Å². The number of nitrogens with zero attached hydrogens (tertiary/aromatic N) is 2. The molecule has 0 saturated heterocycles. The molecule has 1 heterocycles. The van der Waals surface area contributed by atoms with Gasteiger partial charge in [0.2, 0.25) is 5.88 Å². The predicted molar refractivity (Wildman–Crippen MR) is 109 cm³/mol. The number of halogens is 5. The van der Waals surface area contributed by atoms with Crippen molar-refractivity contribution in [1.29, 1.82) is 0 Å². The van der Waals surface area contributed by atoms with E-state index in [9.17, 15) is 22.0 Å². The highest BCUT2D eigenvalue weighted by molar-refractivity contribution is 5.87. The summed E-state index contributed by atoms with van der Waals surface area (Å²) < 4.78 is 88.0. The van der Waals surface area contributed by atoms with E-state index < -0.39 is 32.3 Å². The monoisotopic (exact) mass is 484 g/mol. The Labute approximate surface area is 190 Å². The maximum absolute atomic E-state index is 14.5. The molecule has 0 amide bonds. The van der Waals surface area contributed by atoms with Crippen LogP contribution < -0.4 is 14.2 Å². The lowest BCUT2D eigenvalue weighted by atomic mass is 10.2. The lowest BCUT2D eigenvalue weighted by molar-refractivity contribution is -0.134. The van der Waals surface area contributed by atoms with Gasteiger partial charge in [0.25, 0.3) is 0 Å². The zero-order valence-electron chi connectivity index (χ0n) is 17.4. The van der Waals surface area contributed by atoms with Crippen molar-refractivity contribution in [1.82, 2.24) is 9.97 Å². The van der Waals surface area contributed by atoms with Gasteiger partial charge in [0.05, 0.1) is 29.7 Å². The highest BCUT2D eigenvalue weighted by Crippen LogP contribution is 2.37. The van der Waals surface area contributed by atoms with Crippen LogP contribution in [0.4, 0.5) is 22.0 Å². The number of terminal acetylenes is 1. The van der Waals surface area contributed by atoms with Crippen LogP contribution in [0.2, 0.25) is 0 Å². The standard InChI is InChI=1S/C22H17F5N2O5/c1-2-13-4-3-5-16(19(13)23)34-20-14-10-17(30-6-8-32-21(24)25)18(11-15(14)28-12-29-20)31-7-9-33-22(26)27/h1,3-5,10-12,21-22H,6-9H2. The van der Waals surface area contributed by atoms with Crippen LogP contribution in [0.3, 0.4) is 0 Å². The average molecular weight is 484 g/mol. The molecule has 0 unspecified atom stereocenters. The van der Waals surface area contributed by atoms with Gasteiger partial charge in [-0.25, -0.2) is 14.4 Å². The van der Waals surface area contributed by atoms with E-state index in [0.717, 1.165) is 6.33 Å². The first-order chi connectivity index (χ1) is 16.4. The first kappa shape index (κ1) is 24.9. The lowest BCUT2D eigenvalue weighted by Gasteiger charge is -2.15. The first-order valence-corrected chi connectivity index (χ1v) is 9.66. The van der Waals surface area contributed by atoms with Crippen LogP contribution in [-0.2, 0) is 9.47 Å². The van der Waals surface area contributed by atoms with Gasteiger partial charge in [-0.2, -0.15) is 17.6 Å². The number of hydrogen-bond acceptors (Lipinski definition) is 7. The van der Waals surface area contributed by atoms with Crippen LogP contribution in [-0.4, -0.2) is 49.6 Å². The number of alkyl halides is 4. The summed E-state index contributed by atoms with van der Waals surface area (Å²) in [5.74, 6) is 1.28. The quantitative estimate of drug-likeness (QED) is 0.208. The molecule has 3 rings (SSSR count). The van der Waals surface area contributed by atoms with E-state index in [-0.39, 0.29) is 52.8 Å². The predicted octanol–water partition coefficient (Wildman–Crippen LogP) is 4.78. The van der Waals surface area contributed by atoms with Gasteiger partial charge >= 0.3 is 13.2 Å². The number of benzene rings is 2. The fourth-order valence-electron chi connectivity index (χ4n) is 2.73. The van der Waals surface area contributed by atoms with E-state index in [1.54, 1.807) is 0 Å². The Hall–Kier alpha value is -3.69. The second-order valence-corrected chi connectivity index (χ2v) is 6.32. The minimum Gasteiger partial charge on any atom is -0.487 e. The fraction of sp³-hybridized carbons (Fsp3) is 0.273. The topological polar surface area (TPSA) is 71.9 Å². The van der Waals surface area contributed by atoms with Gasteiger partial charge in [0.15, 0.2) is 23.1 Å². The van der Waals surface area contributed by atoms with Crippen molar-refractivity contribution in [3.63, 3.8) is 0 Å². The maximum Gasteiger partial charge on any atom is 0.345 e. The summed E-state index contributed by atoms with van der Waals surface area (Å²) >= 11 is 0. The number of fused-ring (bicyclic) bond motifs is 1. The summed E-state index contributed by atoms with van der Waals surface area (Å²) in [6.07, 6.45) is 6.43. The van der Waals surface area contributed by atoms with Crippen molar-refractivity contribution >= 4 is 10.9 Å². The maximum atomic E-state index is 14.5. The molecule has 7 nitrogen and oxygen atoms in total. The summed E-state index contributed by atoms with van der Waals surface area (Å²) in [5.41, 5.74) is 0.264. The molecule has 0 aliphatic carbocycles. The molecule has 0 saturated carbocycles. The summed E-state index contributed by atoms with van der Waals surface area (Å²) in [7, 11) is 0. The molecule has 12 heteroatoms. The van der Waals surface area contributed by atoms with Gasteiger partial charge in [-0.3, -0.25) is 0 Å². The van der Waals surface area contributed by atoms with Gasteiger partial charge in [0.1, 0.15) is 19.5 Å². The summed E-state index contributed by atoms with van der Waals surface area (Å²) in [6.45, 7) is -7.37. The van der Waals surface area contributed by atoms with Crippen molar-refractivity contribution in [2.24, 2.45) is 0 Å². The van der Waals surface area contributed by atoms with Crippen molar-refractivity contribution in [3.8, 4) is 35.5 Å². The zero-order valence-corrected chi connectivity index (χ0v) is 17.4. The van der Waals surface area contributed by atoms with Crippen LogP contribution in [0, 0.1) is 18.2 Å². The molecule has 1 aromatic heterocycles. The SMILES string of the molecule is C#Cc1cccc(Oc2ncnc3cc(OCCOC(F)F)c(OCCOC(F)F)cc23)c1F. The molecule has 0 spiro atoms. The number of rotatable bonds is 12. The Morgan fingerprint density at radius 2 is 1.50 bits per heavy atom. The van der Waals surface area contributed by atoms with E-state index >= 15 is 0 Å². The molecule has 34 heavy (non-hydrogen) atoms. The molecule has 0 bridgehead atoms. The lowest BCUT2D eigenvalue weighted by Crippen LogP contribution is -2.12. The van der Waals surface area contributed by atoms with Crippen LogP contribution in [0.25, 0.3) is 10.9 Å². The zero-order chi connectivity index (χ0) is 24.5. The smallest absolute Gasteiger partial charge is 0.345 e. The van der Waals surface area contributed by atoms with E-state index in [1.807, 2.05) is 0 Å². The van der Waals surface area contributed by atoms with Crippen molar-refractivity contribution in [2.45, 2.75) is 13.2 Å². The van der Waals surface area contributed by atoms with Crippen molar-refractivity contribution < 1.29 is 45.6 Å². The van der Waals surface area contributed by atoms with Crippen molar-refractivity contribution in [3.05, 3.63) is 48.0 Å². The molecule has 0 fully saturated rings. The Morgan fingerprint density at radius 1 is 0.853 bits per heavy atom. The highest BCUT2D eigenvalue weighted by Gasteiger charge is 2.16. The molecule has 0 radical (unpaired) electrons. The van der Waals surface area contributed by atoms with Gasteiger partial charge in [-0.15, -0.1) is 6.42 Å². The van der Waals surface area contributed by atoms with Crippen LogP contribution in [0.1, 0.15) is 5.56 Å². The number of hydrogen-bond donors (Lipinski definition) is 0. The van der Waals surface area contributed by atoms with Gasteiger partial charge < -0.3 is 23.7 Å². The van der Waals surface area contributed by atoms with E-state index in [1.165, 1.54) is 30.3 Å². The largest absolute Gasteiger partial charge is 0.487 e. The fourth-order valence-corrected chi connectivity index (χ4v) is 2.73. The normalized spacial score (nSPS) is 11.1. The molecule has 180 valence electrons. The summed E-state index contributed by atoms with van der Waals surface area (Å²) in [5, 5.41) is 0.258. The Morgan fingerprint density at radius 3 is 2.12 bits per heavy atom. The molecule has 2 aromatic carbocycles. The van der Waals surface area contributed by atoms with Crippen LogP contribution >= 0.6 is 0 Å². The average Bonchev–Trinajstić information content (AvgIpc) is 2.81. The minimum absolute atomic E-state index is 0.0133. The van der Waals surface area contributed by atoms with Gasteiger partial charge in [0, 0.05) is 6.07 Å². The molecular formula is C22H17F5N2O5. The molecule has 0 aliphatic heterocycles. The molecule has 0 atom stereocenters.